The van der Waals surface area contributed by atoms with E-state index in [0.29, 0.717) is 0 Å². The van der Waals surface area contributed by atoms with Crippen LogP contribution in [0.15, 0.2) is 61.2 Å². The predicted octanol–water partition coefficient (Wildman–Crippen LogP) is 2.69. The highest BCUT2D eigenvalue weighted by atomic mass is 16.3. The first kappa shape index (κ1) is 15.1. The van der Waals surface area contributed by atoms with Gasteiger partial charge >= 0.3 is 0 Å². The van der Waals surface area contributed by atoms with Crippen molar-refractivity contribution in [1.29, 1.82) is 0 Å². The molecule has 23 heavy (non-hydrogen) atoms. The van der Waals surface area contributed by atoms with Gasteiger partial charge in [-0.2, -0.15) is 0 Å². The molecule has 116 valence electrons. The van der Waals surface area contributed by atoms with Crippen molar-refractivity contribution in [2.75, 3.05) is 11.9 Å². The highest BCUT2D eigenvalue weighted by Gasteiger charge is 2.01. The zero-order valence-corrected chi connectivity index (χ0v) is 12.7. The largest absolute Gasteiger partial charge is 0.392 e. The van der Waals surface area contributed by atoms with E-state index in [-0.39, 0.29) is 6.61 Å². The minimum atomic E-state index is 0.0479. The minimum Gasteiger partial charge on any atom is -0.392 e. The van der Waals surface area contributed by atoms with Crippen molar-refractivity contribution in [2.45, 2.75) is 13.0 Å². The average Bonchev–Trinajstić information content (AvgIpc) is 2.63. The molecule has 0 aliphatic heterocycles. The lowest BCUT2D eigenvalue weighted by atomic mass is 10.1. The van der Waals surface area contributed by atoms with E-state index in [4.69, 9.17) is 5.11 Å². The molecule has 0 aliphatic carbocycles. The van der Waals surface area contributed by atoms with Crippen LogP contribution in [0.4, 0.5) is 5.82 Å². The van der Waals surface area contributed by atoms with Crippen LogP contribution in [0.2, 0.25) is 0 Å². The second-order valence-electron chi connectivity index (χ2n) is 5.17. The zero-order chi connectivity index (χ0) is 15.9. The Morgan fingerprint density at radius 2 is 1.65 bits per heavy atom. The summed E-state index contributed by atoms with van der Waals surface area (Å²) in [6, 6.07) is 11.7. The number of hydrogen-bond acceptors (Lipinski definition) is 5. The third-order valence-electron chi connectivity index (χ3n) is 3.55. The van der Waals surface area contributed by atoms with E-state index in [1.807, 2.05) is 36.4 Å². The number of aliphatic hydroxyl groups excluding tert-OH is 1. The standard InChI is InChI=1S/C18H18N4O/c23-13-15-1-3-16(4-2-15)17-11-22-18(12-21-17)20-10-7-14-5-8-19-9-6-14/h1-6,8-9,11-12,23H,7,10,13H2,(H,20,22). The van der Waals surface area contributed by atoms with Crippen molar-refractivity contribution in [3.05, 3.63) is 72.3 Å². The molecule has 0 spiro atoms. The Bertz CT molecular complexity index is 727. The second kappa shape index (κ2) is 7.47. The number of nitrogens with zero attached hydrogens (tertiary/aromatic N) is 3. The van der Waals surface area contributed by atoms with Gasteiger partial charge in [0.05, 0.1) is 24.7 Å². The molecule has 5 nitrogen and oxygen atoms in total. The number of rotatable bonds is 6. The Labute approximate surface area is 135 Å². The Morgan fingerprint density at radius 1 is 0.870 bits per heavy atom. The van der Waals surface area contributed by atoms with Crippen LogP contribution in [0.3, 0.4) is 0 Å². The fourth-order valence-corrected chi connectivity index (χ4v) is 2.23. The molecule has 0 saturated carbocycles. The van der Waals surface area contributed by atoms with Crippen molar-refractivity contribution < 1.29 is 5.11 Å². The first-order chi connectivity index (χ1) is 11.3. The summed E-state index contributed by atoms with van der Waals surface area (Å²) in [5.41, 5.74) is 3.92. The molecule has 0 atom stereocenters. The fourth-order valence-electron chi connectivity index (χ4n) is 2.23. The normalized spacial score (nSPS) is 10.5. The maximum absolute atomic E-state index is 9.06. The van der Waals surface area contributed by atoms with E-state index in [2.05, 4.69) is 20.3 Å². The summed E-state index contributed by atoms with van der Waals surface area (Å²) in [6.45, 7) is 0.843. The summed E-state index contributed by atoms with van der Waals surface area (Å²) < 4.78 is 0. The van der Waals surface area contributed by atoms with Gasteiger partial charge in [0, 0.05) is 24.5 Å². The van der Waals surface area contributed by atoms with Gasteiger partial charge in [-0.15, -0.1) is 0 Å². The van der Waals surface area contributed by atoms with Crippen LogP contribution in [0.1, 0.15) is 11.1 Å². The molecule has 0 radical (unpaired) electrons. The van der Waals surface area contributed by atoms with Crippen LogP contribution in [0.5, 0.6) is 0 Å². The number of aliphatic hydroxyl groups is 1. The fraction of sp³-hybridized carbons (Fsp3) is 0.167. The van der Waals surface area contributed by atoms with Crippen molar-refractivity contribution in [3.63, 3.8) is 0 Å². The summed E-state index contributed by atoms with van der Waals surface area (Å²) >= 11 is 0. The number of pyridine rings is 1. The van der Waals surface area contributed by atoms with Gasteiger partial charge in [0.1, 0.15) is 5.82 Å². The smallest absolute Gasteiger partial charge is 0.144 e. The van der Waals surface area contributed by atoms with Crippen LogP contribution < -0.4 is 5.32 Å². The lowest BCUT2D eigenvalue weighted by Crippen LogP contribution is -2.06. The molecule has 3 rings (SSSR count). The van der Waals surface area contributed by atoms with E-state index >= 15 is 0 Å². The maximum atomic E-state index is 9.06. The van der Waals surface area contributed by atoms with Crippen molar-refractivity contribution in [2.24, 2.45) is 0 Å². The molecule has 0 unspecified atom stereocenters. The van der Waals surface area contributed by atoms with Crippen molar-refractivity contribution in [3.8, 4) is 11.3 Å². The van der Waals surface area contributed by atoms with Gasteiger partial charge in [-0.05, 0) is 29.7 Å². The van der Waals surface area contributed by atoms with Crippen LogP contribution in [0.25, 0.3) is 11.3 Å². The van der Waals surface area contributed by atoms with E-state index in [9.17, 15) is 0 Å². The topological polar surface area (TPSA) is 70.9 Å². The molecule has 3 aromatic rings. The molecular formula is C18H18N4O. The highest BCUT2D eigenvalue weighted by molar-refractivity contribution is 5.59. The van der Waals surface area contributed by atoms with E-state index in [1.54, 1.807) is 24.8 Å². The second-order valence-corrected chi connectivity index (χ2v) is 5.17. The van der Waals surface area contributed by atoms with Crippen LogP contribution >= 0.6 is 0 Å². The molecule has 2 aromatic heterocycles. The summed E-state index contributed by atoms with van der Waals surface area (Å²) in [5.74, 6) is 0.759. The number of anilines is 1. The molecule has 1 aromatic carbocycles. The molecule has 0 aliphatic rings. The SMILES string of the molecule is OCc1ccc(-c2cnc(NCCc3ccncc3)cn2)cc1. The molecule has 5 heteroatoms. The Kier molecular flexibility index (Phi) is 4.91. The van der Waals surface area contributed by atoms with Gasteiger partial charge < -0.3 is 10.4 Å². The third-order valence-corrected chi connectivity index (χ3v) is 3.55. The summed E-state index contributed by atoms with van der Waals surface area (Å²) in [7, 11) is 0. The zero-order valence-electron chi connectivity index (χ0n) is 12.7. The summed E-state index contributed by atoms with van der Waals surface area (Å²) in [4.78, 5) is 12.8. The van der Waals surface area contributed by atoms with Crippen LogP contribution in [0, 0.1) is 0 Å². The number of benzene rings is 1. The number of hydrogen-bond donors (Lipinski definition) is 2. The van der Waals surface area contributed by atoms with E-state index in [1.165, 1.54) is 5.56 Å². The Balaban J connectivity index is 1.58. The van der Waals surface area contributed by atoms with Gasteiger partial charge in [-0.1, -0.05) is 24.3 Å². The van der Waals surface area contributed by atoms with Gasteiger partial charge in [0.15, 0.2) is 0 Å². The lowest BCUT2D eigenvalue weighted by molar-refractivity contribution is 0.282. The Hall–Kier alpha value is -2.79. The van der Waals surface area contributed by atoms with E-state index < -0.39 is 0 Å². The minimum absolute atomic E-state index is 0.0479. The monoisotopic (exact) mass is 306 g/mol. The molecule has 0 fully saturated rings. The van der Waals surface area contributed by atoms with E-state index in [0.717, 1.165) is 35.6 Å². The predicted molar refractivity (Wildman–Crippen MR) is 89.8 cm³/mol. The van der Waals surface area contributed by atoms with Gasteiger partial charge in [-0.25, -0.2) is 4.98 Å². The van der Waals surface area contributed by atoms with Crippen molar-refractivity contribution >= 4 is 5.82 Å². The highest BCUT2D eigenvalue weighted by Crippen LogP contribution is 2.17. The lowest BCUT2D eigenvalue weighted by Gasteiger charge is -2.06. The molecule has 2 heterocycles. The third kappa shape index (κ3) is 4.11. The molecule has 0 bridgehead atoms. The van der Waals surface area contributed by atoms with Gasteiger partial charge in [0.25, 0.3) is 0 Å². The summed E-state index contributed by atoms with van der Waals surface area (Å²) in [6.07, 6.45) is 8.00. The first-order valence-corrected chi connectivity index (χ1v) is 7.50. The molecule has 2 N–H and O–H groups in total. The molecule has 0 saturated heterocycles. The quantitative estimate of drug-likeness (QED) is 0.732. The van der Waals surface area contributed by atoms with Crippen LogP contribution in [-0.2, 0) is 13.0 Å². The molecule has 0 amide bonds. The number of aromatic nitrogens is 3. The maximum Gasteiger partial charge on any atom is 0.144 e. The first-order valence-electron chi connectivity index (χ1n) is 7.50. The summed E-state index contributed by atoms with van der Waals surface area (Å²) in [5, 5.41) is 12.3. The van der Waals surface area contributed by atoms with Gasteiger partial charge in [0.2, 0.25) is 0 Å². The molecular weight excluding hydrogens is 288 g/mol. The average molecular weight is 306 g/mol. The van der Waals surface area contributed by atoms with Gasteiger partial charge in [-0.3, -0.25) is 9.97 Å². The Morgan fingerprint density at radius 3 is 2.30 bits per heavy atom. The van der Waals surface area contributed by atoms with Crippen LogP contribution in [-0.4, -0.2) is 26.6 Å². The number of nitrogens with one attached hydrogen (secondary N) is 1. The van der Waals surface area contributed by atoms with Crippen molar-refractivity contribution in [1.82, 2.24) is 15.0 Å².